The summed E-state index contributed by atoms with van der Waals surface area (Å²) in [6, 6.07) is 8.13. The molecule has 4 N–H and O–H groups in total. The lowest BCUT2D eigenvalue weighted by atomic mass is 10.0. The number of fused-ring (bicyclic) bond motifs is 3. The summed E-state index contributed by atoms with van der Waals surface area (Å²) in [6.07, 6.45) is -0.978. The van der Waals surface area contributed by atoms with Crippen LogP contribution < -0.4 is 10.5 Å². The van der Waals surface area contributed by atoms with Crippen LogP contribution in [0.1, 0.15) is 46.2 Å². The van der Waals surface area contributed by atoms with E-state index in [0.29, 0.717) is 34.1 Å². The van der Waals surface area contributed by atoms with Gasteiger partial charge in [-0.25, -0.2) is 4.68 Å². The van der Waals surface area contributed by atoms with Gasteiger partial charge in [0.15, 0.2) is 11.3 Å². The van der Waals surface area contributed by atoms with Gasteiger partial charge in [0.2, 0.25) is 0 Å². The molecule has 9 heteroatoms. The lowest BCUT2D eigenvalue weighted by molar-refractivity contribution is 0.0994. The van der Waals surface area contributed by atoms with Gasteiger partial charge in [0, 0.05) is 11.6 Å². The van der Waals surface area contributed by atoms with Crippen molar-refractivity contribution in [3.05, 3.63) is 58.7 Å². The fraction of sp³-hybridized carbons (Fsp3) is 0.250. The number of amides is 1. The highest BCUT2D eigenvalue weighted by Gasteiger charge is 2.26. The minimum absolute atomic E-state index is 0.00212. The summed E-state index contributed by atoms with van der Waals surface area (Å²) >= 11 is 0. The van der Waals surface area contributed by atoms with Crippen molar-refractivity contribution in [2.24, 2.45) is 5.73 Å². The van der Waals surface area contributed by atoms with E-state index in [1.165, 1.54) is 17.7 Å². The molecule has 2 aromatic heterocycles. The first-order chi connectivity index (χ1) is 13.7. The number of aromatic nitrogens is 3. The van der Waals surface area contributed by atoms with Gasteiger partial charge in [-0.05, 0) is 38.1 Å². The van der Waals surface area contributed by atoms with Crippen molar-refractivity contribution in [3.8, 4) is 23.3 Å². The Kier molecular flexibility index (Phi) is 4.38. The molecule has 9 nitrogen and oxygen atoms in total. The molecule has 1 aromatic carbocycles. The van der Waals surface area contributed by atoms with Gasteiger partial charge < -0.3 is 25.2 Å². The van der Waals surface area contributed by atoms with Crippen LogP contribution in [-0.4, -0.2) is 37.7 Å². The molecule has 3 aromatic rings. The predicted octanol–water partition coefficient (Wildman–Crippen LogP) is 0.953. The predicted molar refractivity (Wildman–Crippen MR) is 100 cm³/mol. The fourth-order valence-corrected chi connectivity index (χ4v) is 2.94. The molecule has 0 spiro atoms. The quantitative estimate of drug-likeness (QED) is 0.551. The first-order valence-electron chi connectivity index (χ1n) is 8.79. The Morgan fingerprint density at radius 2 is 2.17 bits per heavy atom. The van der Waals surface area contributed by atoms with Crippen LogP contribution in [-0.2, 0) is 5.60 Å². The number of carbonyl (C=O) groups is 1. The summed E-state index contributed by atoms with van der Waals surface area (Å²) in [6.45, 7) is 3.25. The third-order valence-electron chi connectivity index (χ3n) is 4.49. The van der Waals surface area contributed by atoms with Crippen molar-refractivity contribution in [2.45, 2.75) is 25.6 Å². The highest BCUT2D eigenvalue weighted by Crippen LogP contribution is 2.32. The average Bonchev–Trinajstić information content (AvgIpc) is 3.29. The van der Waals surface area contributed by atoms with Crippen molar-refractivity contribution < 1.29 is 24.3 Å². The molecule has 1 unspecified atom stereocenters. The molecule has 3 heterocycles. The number of primary amides is 1. The van der Waals surface area contributed by atoms with Crippen molar-refractivity contribution in [2.75, 3.05) is 6.61 Å². The van der Waals surface area contributed by atoms with E-state index < -0.39 is 17.6 Å². The van der Waals surface area contributed by atoms with E-state index in [4.69, 9.17) is 15.0 Å². The largest absolute Gasteiger partial charge is 0.488 e. The van der Waals surface area contributed by atoms with Crippen LogP contribution in [0.5, 0.6) is 5.75 Å². The van der Waals surface area contributed by atoms with Crippen LogP contribution >= 0.6 is 0 Å². The van der Waals surface area contributed by atoms with Gasteiger partial charge >= 0.3 is 0 Å². The molecule has 0 aliphatic carbocycles. The van der Waals surface area contributed by atoms with E-state index in [1.807, 2.05) is 0 Å². The number of nitrogens with zero attached hydrogens (tertiary/aromatic N) is 3. The Morgan fingerprint density at radius 1 is 1.38 bits per heavy atom. The molecule has 1 aliphatic rings. The van der Waals surface area contributed by atoms with Crippen molar-refractivity contribution >= 4 is 5.91 Å². The maximum Gasteiger partial charge on any atom is 0.269 e. The molecule has 4 rings (SSSR count). The summed E-state index contributed by atoms with van der Waals surface area (Å²) in [5.74, 6) is 6.01. The first kappa shape index (κ1) is 18.7. The van der Waals surface area contributed by atoms with E-state index in [9.17, 15) is 15.0 Å². The monoisotopic (exact) mass is 394 g/mol. The lowest BCUT2D eigenvalue weighted by Crippen LogP contribution is -2.18. The van der Waals surface area contributed by atoms with Gasteiger partial charge in [-0.2, -0.15) is 5.10 Å². The van der Waals surface area contributed by atoms with E-state index in [1.54, 1.807) is 31.2 Å². The Morgan fingerprint density at radius 3 is 2.86 bits per heavy atom. The second kappa shape index (κ2) is 6.77. The summed E-state index contributed by atoms with van der Waals surface area (Å²) in [5, 5.41) is 28.9. The second-order valence-corrected chi connectivity index (χ2v) is 6.88. The van der Waals surface area contributed by atoms with Gasteiger partial charge in [-0.3, -0.25) is 4.79 Å². The molecule has 148 valence electrons. The maximum absolute atomic E-state index is 11.5. The molecule has 29 heavy (non-hydrogen) atoms. The van der Waals surface area contributed by atoms with Crippen LogP contribution in [0.3, 0.4) is 0 Å². The zero-order chi connectivity index (χ0) is 20.8. The highest BCUT2D eigenvalue weighted by atomic mass is 16.5. The van der Waals surface area contributed by atoms with Gasteiger partial charge in [0.05, 0.1) is 5.69 Å². The molecule has 1 amide bonds. The standard InChI is InChI=1S/C20H18N4O5/c1-11-7-18(23-29-11)20(2,27)6-5-12-3-4-17-15(8-12)24-14(16(25)10-28-17)9-13(22-24)19(21)26/h3-4,7-9,16,25,27H,10H2,1-2H3,(H2,21,26)/t16?,20-/m1/s1. The van der Waals surface area contributed by atoms with Gasteiger partial charge in [0.1, 0.15) is 35.6 Å². The number of hydrogen-bond acceptors (Lipinski definition) is 7. The van der Waals surface area contributed by atoms with E-state index in [-0.39, 0.29) is 12.3 Å². The molecule has 0 saturated heterocycles. The van der Waals surface area contributed by atoms with Crippen molar-refractivity contribution in [3.63, 3.8) is 0 Å². The average molecular weight is 394 g/mol. The fourth-order valence-electron chi connectivity index (χ4n) is 2.94. The van der Waals surface area contributed by atoms with Crippen LogP contribution in [0, 0.1) is 18.8 Å². The minimum Gasteiger partial charge on any atom is -0.488 e. The number of aliphatic hydroxyl groups excluding tert-OH is 1. The molecular weight excluding hydrogens is 376 g/mol. The number of ether oxygens (including phenoxy) is 1. The van der Waals surface area contributed by atoms with Crippen LogP contribution in [0.4, 0.5) is 0 Å². The first-order valence-corrected chi connectivity index (χ1v) is 8.79. The number of rotatable bonds is 2. The summed E-state index contributed by atoms with van der Waals surface area (Å²) in [5.41, 5.74) is 5.60. The normalized spacial score (nSPS) is 17.0. The van der Waals surface area contributed by atoms with Crippen molar-refractivity contribution in [1.82, 2.24) is 14.9 Å². The molecule has 0 fully saturated rings. The molecule has 0 saturated carbocycles. The number of nitrogens with two attached hydrogens (primary N) is 1. The van der Waals surface area contributed by atoms with E-state index in [2.05, 4.69) is 22.1 Å². The van der Waals surface area contributed by atoms with E-state index in [0.717, 1.165) is 0 Å². The molecule has 0 radical (unpaired) electrons. The number of hydrogen-bond donors (Lipinski definition) is 3. The molecule has 2 atom stereocenters. The molecule has 0 bridgehead atoms. The zero-order valence-electron chi connectivity index (χ0n) is 15.7. The second-order valence-electron chi connectivity index (χ2n) is 6.88. The van der Waals surface area contributed by atoms with Crippen molar-refractivity contribution in [1.29, 1.82) is 0 Å². The third kappa shape index (κ3) is 3.47. The highest BCUT2D eigenvalue weighted by molar-refractivity contribution is 5.91. The van der Waals surface area contributed by atoms with Crippen LogP contribution in [0.25, 0.3) is 5.69 Å². The zero-order valence-corrected chi connectivity index (χ0v) is 15.7. The number of aryl methyl sites for hydroxylation is 1. The lowest BCUT2D eigenvalue weighted by Gasteiger charge is -2.12. The van der Waals surface area contributed by atoms with Crippen LogP contribution in [0.2, 0.25) is 0 Å². The molecular formula is C20H18N4O5. The minimum atomic E-state index is -1.51. The maximum atomic E-state index is 11.5. The van der Waals surface area contributed by atoms with Gasteiger partial charge in [0.25, 0.3) is 5.91 Å². The summed E-state index contributed by atoms with van der Waals surface area (Å²) in [4.78, 5) is 11.5. The topological polar surface area (TPSA) is 137 Å². The Balaban J connectivity index is 1.76. The van der Waals surface area contributed by atoms with Gasteiger partial charge in [-0.1, -0.05) is 17.0 Å². The molecule has 1 aliphatic heterocycles. The Hall–Kier alpha value is -3.61. The Bertz CT molecular complexity index is 1170. The number of carbonyl (C=O) groups excluding carboxylic acids is 1. The number of benzene rings is 1. The summed E-state index contributed by atoms with van der Waals surface area (Å²) < 4.78 is 12.0. The smallest absolute Gasteiger partial charge is 0.269 e. The summed E-state index contributed by atoms with van der Waals surface area (Å²) in [7, 11) is 0. The van der Waals surface area contributed by atoms with Gasteiger partial charge in [-0.15, -0.1) is 0 Å². The number of aliphatic hydroxyl groups is 2. The Labute approximate surface area is 165 Å². The third-order valence-corrected chi connectivity index (χ3v) is 4.49. The van der Waals surface area contributed by atoms with E-state index >= 15 is 0 Å². The SMILES string of the molecule is Cc1cc([C@](C)(O)C#Cc2ccc3c(c2)-n2nc(C(N)=O)cc2C(O)CO3)no1. The van der Waals surface area contributed by atoms with Crippen LogP contribution in [0.15, 0.2) is 34.9 Å².